The normalized spacial score (nSPS) is 10.6. The Labute approximate surface area is 175 Å². The summed E-state index contributed by atoms with van der Waals surface area (Å²) in [6.45, 7) is 2.54. The first kappa shape index (κ1) is 21.4. The van der Waals surface area contributed by atoms with Crippen molar-refractivity contribution in [3.05, 3.63) is 71.6 Å². The van der Waals surface area contributed by atoms with E-state index in [0.29, 0.717) is 23.1 Å². The van der Waals surface area contributed by atoms with Crippen LogP contribution in [-0.2, 0) is 17.9 Å². The van der Waals surface area contributed by atoms with Gasteiger partial charge >= 0.3 is 0 Å². The average Bonchev–Trinajstić information content (AvgIpc) is 3.14. The lowest BCUT2D eigenvalue weighted by molar-refractivity contribution is -0.113. The minimum absolute atomic E-state index is 0.0222. The van der Waals surface area contributed by atoms with Crippen molar-refractivity contribution in [2.45, 2.75) is 25.2 Å². The van der Waals surface area contributed by atoms with Crippen molar-refractivity contribution < 1.29 is 18.4 Å². The number of hydrogen-bond acceptors (Lipinski definition) is 5. The summed E-state index contributed by atoms with van der Waals surface area (Å²) in [6, 6.07) is 11.1. The molecule has 0 radical (unpaired) electrons. The Morgan fingerprint density at radius 1 is 1.07 bits per heavy atom. The van der Waals surface area contributed by atoms with Gasteiger partial charge < -0.3 is 15.2 Å². The Morgan fingerprint density at radius 3 is 2.50 bits per heavy atom. The molecule has 2 aromatic carbocycles. The fourth-order valence-corrected chi connectivity index (χ4v) is 3.44. The highest BCUT2D eigenvalue weighted by Gasteiger charge is 2.15. The van der Waals surface area contributed by atoms with Crippen LogP contribution in [0.25, 0.3) is 0 Å². The van der Waals surface area contributed by atoms with Crippen molar-refractivity contribution in [1.82, 2.24) is 20.1 Å². The van der Waals surface area contributed by atoms with Crippen LogP contribution in [0, 0.1) is 11.6 Å². The van der Waals surface area contributed by atoms with Crippen LogP contribution in [0.4, 0.5) is 14.5 Å². The van der Waals surface area contributed by atoms with Crippen molar-refractivity contribution in [2.75, 3.05) is 11.1 Å². The summed E-state index contributed by atoms with van der Waals surface area (Å²) in [7, 11) is 0. The zero-order valence-corrected chi connectivity index (χ0v) is 16.9. The van der Waals surface area contributed by atoms with Crippen molar-refractivity contribution >= 4 is 29.3 Å². The SMILES string of the molecule is CCn1c(CNC(=O)c2ccc(F)cc2)nnc1SCC(=O)Nc1ccccc1F. The van der Waals surface area contributed by atoms with Crippen molar-refractivity contribution in [3.8, 4) is 0 Å². The number of thioether (sulfide) groups is 1. The molecule has 0 bridgehead atoms. The lowest BCUT2D eigenvalue weighted by Gasteiger charge is -2.09. The second-order valence-corrected chi connectivity index (χ2v) is 7.09. The summed E-state index contributed by atoms with van der Waals surface area (Å²) in [4.78, 5) is 24.3. The number of benzene rings is 2. The standard InChI is InChI=1S/C20H19F2N5O2S/c1-2-27-17(11-23-19(29)13-7-9-14(21)10-8-13)25-26-20(27)30-12-18(28)24-16-6-4-3-5-15(16)22/h3-10H,2,11-12H2,1H3,(H,23,29)(H,24,28). The molecule has 2 amide bonds. The highest BCUT2D eigenvalue weighted by Crippen LogP contribution is 2.19. The van der Waals surface area contributed by atoms with Crippen molar-refractivity contribution in [3.63, 3.8) is 0 Å². The van der Waals surface area contributed by atoms with Crippen LogP contribution in [0.3, 0.4) is 0 Å². The predicted molar refractivity (Wildman–Crippen MR) is 109 cm³/mol. The molecule has 156 valence electrons. The molecule has 3 aromatic rings. The smallest absolute Gasteiger partial charge is 0.251 e. The van der Waals surface area contributed by atoms with E-state index in [-0.39, 0.29) is 29.8 Å². The fourth-order valence-electron chi connectivity index (χ4n) is 2.62. The molecule has 0 fully saturated rings. The largest absolute Gasteiger partial charge is 0.345 e. The lowest BCUT2D eigenvalue weighted by Crippen LogP contribution is -2.24. The van der Waals surface area contributed by atoms with Gasteiger partial charge in [-0.15, -0.1) is 10.2 Å². The fraction of sp³-hybridized carbons (Fsp3) is 0.200. The third-order valence-corrected chi connectivity index (χ3v) is 5.07. The number of carbonyl (C=O) groups is 2. The number of hydrogen-bond donors (Lipinski definition) is 2. The molecule has 0 aliphatic heterocycles. The number of nitrogens with zero attached hydrogens (tertiary/aromatic N) is 3. The van der Waals surface area contributed by atoms with E-state index in [2.05, 4.69) is 20.8 Å². The maximum absolute atomic E-state index is 13.6. The zero-order chi connectivity index (χ0) is 21.5. The van der Waals surface area contributed by atoms with E-state index in [0.717, 1.165) is 11.8 Å². The summed E-state index contributed by atoms with van der Waals surface area (Å²) in [5.74, 6) is -1.12. The van der Waals surface area contributed by atoms with Crippen LogP contribution >= 0.6 is 11.8 Å². The average molecular weight is 431 g/mol. The third kappa shape index (κ3) is 5.41. The van der Waals surface area contributed by atoms with Crippen molar-refractivity contribution in [1.29, 1.82) is 0 Å². The molecule has 0 saturated carbocycles. The van der Waals surface area contributed by atoms with E-state index in [4.69, 9.17) is 0 Å². The van der Waals surface area contributed by atoms with E-state index in [1.54, 1.807) is 16.7 Å². The van der Waals surface area contributed by atoms with Gasteiger partial charge in [0.05, 0.1) is 18.0 Å². The highest BCUT2D eigenvalue weighted by atomic mass is 32.2. The number of amides is 2. The van der Waals surface area contributed by atoms with Gasteiger partial charge in [0.2, 0.25) is 5.91 Å². The molecule has 0 spiro atoms. The highest BCUT2D eigenvalue weighted by molar-refractivity contribution is 7.99. The van der Waals surface area contributed by atoms with Gasteiger partial charge in [-0.25, -0.2) is 8.78 Å². The Morgan fingerprint density at radius 2 is 1.80 bits per heavy atom. The van der Waals surface area contributed by atoms with Gasteiger partial charge in [0.25, 0.3) is 5.91 Å². The van der Waals surface area contributed by atoms with E-state index in [9.17, 15) is 18.4 Å². The van der Waals surface area contributed by atoms with Gasteiger partial charge in [0, 0.05) is 12.1 Å². The van der Waals surface area contributed by atoms with E-state index in [1.165, 1.54) is 36.4 Å². The number of nitrogens with one attached hydrogen (secondary N) is 2. The topological polar surface area (TPSA) is 88.9 Å². The van der Waals surface area contributed by atoms with E-state index in [1.807, 2.05) is 6.92 Å². The molecule has 1 aromatic heterocycles. The van der Waals surface area contributed by atoms with Gasteiger partial charge in [-0.1, -0.05) is 23.9 Å². The molecule has 7 nitrogen and oxygen atoms in total. The molecule has 2 N–H and O–H groups in total. The summed E-state index contributed by atoms with van der Waals surface area (Å²) in [5.41, 5.74) is 0.447. The van der Waals surface area contributed by atoms with Crippen LogP contribution in [0.2, 0.25) is 0 Å². The molecule has 1 heterocycles. The molecule has 0 unspecified atom stereocenters. The Bertz CT molecular complexity index is 1040. The first-order chi connectivity index (χ1) is 14.5. The Balaban J connectivity index is 1.57. The zero-order valence-electron chi connectivity index (χ0n) is 16.1. The number of halogens is 2. The molecule has 0 aliphatic rings. The number of carbonyl (C=O) groups excluding carboxylic acids is 2. The summed E-state index contributed by atoms with van der Waals surface area (Å²) in [6.07, 6.45) is 0. The lowest BCUT2D eigenvalue weighted by atomic mass is 10.2. The third-order valence-electron chi connectivity index (χ3n) is 4.10. The number of anilines is 1. The van der Waals surface area contributed by atoms with E-state index < -0.39 is 11.6 Å². The quantitative estimate of drug-likeness (QED) is 0.535. The summed E-state index contributed by atoms with van der Waals surface area (Å²) < 4.78 is 28.4. The van der Waals surface area contributed by atoms with Crippen LogP contribution in [-0.4, -0.2) is 32.3 Å². The summed E-state index contributed by atoms with van der Waals surface area (Å²) >= 11 is 1.16. The van der Waals surface area contributed by atoms with Gasteiger partial charge in [-0.05, 0) is 43.3 Å². The summed E-state index contributed by atoms with van der Waals surface area (Å²) in [5, 5.41) is 13.9. The molecule has 3 rings (SSSR count). The van der Waals surface area contributed by atoms with Gasteiger partial charge in [0.1, 0.15) is 11.6 Å². The van der Waals surface area contributed by atoms with Crippen LogP contribution in [0.5, 0.6) is 0 Å². The predicted octanol–water partition coefficient (Wildman–Crippen LogP) is 3.24. The van der Waals surface area contributed by atoms with E-state index >= 15 is 0 Å². The van der Waals surface area contributed by atoms with Gasteiger partial charge in [-0.3, -0.25) is 9.59 Å². The molecule has 10 heteroatoms. The van der Waals surface area contributed by atoms with Gasteiger partial charge in [-0.2, -0.15) is 0 Å². The molecule has 0 atom stereocenters. The van der Waals surface area contributed by atoms with Crippen LogP contribution in [0.1, 0.15) is 23.1 Å². The Kier molecular flexibility index (Phi) is 7.12. The minimum atomic E-state index is -0.508. The van der Waals surface area contributed by atoms with Crippen LogP contribution in [0.15, 0.2) is 53.7 Å². The maximum Gasteiger partial charge on any atom is 0.251 e. The van der Waals surface area contributed by atoms with Crippen LogP contribution < -0.4 is 10.6 Å². The molecule has 0 aliphatic carbocycles. The van der Waals surface area contributed by atoms with Crippen molar-refractivity contribution in [2.24, 2.45) is 0 Å². The Hall–Kier alpha value is -3.27. The first-order valence-corrected chi connectivity index (χ1v) is 10.1. The monoisotopic (exact) mass is 431 g/mol. The number of rotatable bonds is 8. The molecule has 0 saturated heterocycles. The molecular formula is C20H19F2N5O2S. The molecular weight excluding hydrogens is 412 g/mol. The first-order valence-electron chi connectivity index (χ1n) is 9.11. The second-order valence-electron chi connectivity index (χ2n) is 6.15. The molecule has 30 heavy (non-hydrogen) atoms. The number of para-hydroxylation sites is 1. The number of aromatic nitrogens is 3. The minimum Gasteiger partial charge on any atom is -0.345 e. The maximum atomic E-state index is 13.6. The van der Waals surface area contributed by atoms with Gasteiger partial charge in [0.15, 0.2) is 11.0 Å². The second kappa shape index (κ2) is 9.97.